The molecule has 0 aromatic rings. The largest absolute Gasteiger partial charge is 0.481 e. The van der Waals surface area contributed by atoms with Gasteiger partial charge in [-0.1, -0.05) is 5.11 Å². The van der Waals surface area contributed by atoms with E-state index in [4.69, 9.17) is 20.1 Å². The van der Waals surface area contributed by atoms with E-state index in [0.29, 0.717) is 19.4 Å². The van der Waals surface area contributed by atoms with Crippen molar-refractivity contribution in [3.05, 3.63) is 10.4 Å². The van der Waals surface area contributed by atoms with Crippen molar-refractivity contribution in [3.8, 4) is 0 Å². The van der Waals surface area contributed by atoms with Gasteiger partial charge in [0, 0.05) is 17.9 Å². The molecule has 0 aromatic heterocycles. The van der Waals surface area contributed by atoms with Crippen LogP contribution in [0.2, 0.25) is 0 Å². The molecule has 0 bridgehead atoms. The third-order valence-electron chi connectivity index (χ3n) is 2.44. The molecule has 1 saturated heterocycles. The van der Waals surface area contributed by atoms with Crippen molar-refractivity contribution in [2.45, 2.75) is 51.1 Å². The second-order valence-corrected chi connectivity index (χ2v) is 4.46. The molecule has 1 aliphatic heterocycles. The van der Waals surface area contributed by atoms with Crippen molar-refractivity contribution in [2.75, 3.05) is 6.54 Å². The molecule has 96 valence electrons. The quantitative estimate of drug-likeness (QED) is 0.453. The fourth-order valence-corrected chi connectivity index (χ4v) is 1.96. The van der Waals surface area contributed by atoms with Gasteiger partial charge in [0.2, 0.25) is 0 Å². The first-order valence-corrected chi connectivity index (χ1v) is 5.51. The summed E-state index contributed by atoms with van der Waals surface area (Å²) in [6.45, 7) is 3.85. The number of carboxylic acids is 1. The fourth-order valence-electron chi connectivity index (χ4n) is 1.96. The zero-order valence-corrected chi connectivity index (χ0v) is 10.00. The molecule has 17 heavy (non-hydrogen) atoms. The first-order chi connectivity index (χ1) is 7.93. The van der Waals surface area contributed by atoms with E-state index in [1.165, 1.54) is 0 Å². The van der Waals surface area contributed by atoms with Gasteiger partial charge in [-0.3, -0.25) is 4.79 Å². The number of azide groups is 1. The lowest BCUT2D eigenvalue weighted by Gasteiger charge is -2.40. The first kappa shape index (κ1) is 13.8. The van der Waals surface area contributed by atoms with Crippen molar-refractivity contribution in [1.82, 2.24) is 0 Å². The monoisotopic (exact) mass is 243 g/mol. The van der Waals surface area contributed by atoms with Crippen LogP contribution in [0.25, 0.3) is 10.4 Å². The van der Waals surface area contributed by atoms with Gasteiger partial charge < -0.3 is 14.6 Å². The van der Waals surface area contributed by atoms with Crippen molar-refractivity contribution in [1.29, 1.82) is 0 Å². The van der Waals surface area contributed by atoms with Crippen LogP contribution in [0.1, 0.15) is 33.1 Å². The van der Waals surface area contributed by atoms with E-state index in [1.807, 2.05) is 0 Å². The van der Waals surface area contributed by atoms with Crippen LogP contribution in [0.4, 0.5) is 0 Å². The average Bonchev–Trinajstić information content (AvgIpc) is 2.14. The van der Waals surface area contributed by atoms with E-state index < -0.39 is 11.8 Å². The van der Waals surface area contributed by atoms with Crippen molar-refractivity contribution < 1.29 is 19.4 Å². The van der Waals surface area contributed by atoms with Gasteiger partial charge in [0.1, 0.15) is 0 Å². The highest BCUT2D eigenvalue weighted by atomic mass is 16.7. The fraction of sp³-hybridized carbons (Fsp3) is 0.900. The summed E-state index contributed by atoms with van der Waals surface area (Å²) in [7, 11) is 0. The second kappa shape index (κ2) is 5.86. The Balaban J connectivity index is 2.54. The zero-order valence-electron chi connectivity index (χ0n) is 10.00. The Bertz CT molecular complexity index is 326. The number of nitrogens with zero attached hydrogens (tertiary/aromatic N) is 3. The van der Waals surface area contributed by atoms with Crippen LogP contribution < -0.4 is 0 Å². The number of hydrogen-bond acceptors (Lipinski definition) is 4. The Morgan fingerprint density at radius 1 is 1.53 bits per heavy atom. The minimum absolute atomic E-state index is 0.0369. The molecule has 1 heterocycles. The molecule has 7 heteroatoms. The van der Waals surface area contributed by atoms with Crippen LogP contribution in [-0.2, 0) is 14.3 Å². The molecule has 1 fully saturated rings. The highest BCUT2D eigenvalue weighted by Gasteiger charge is 2.35. The van der Waals surface area contributed by atoms with Gasteiger partial charge in [0.05, 0.1) is 18.6 Å². The average molecular weight is 243 g/mol. The van der Waals surface area contributed by atoms with Gasteiger partial charge in [-0.05, 0) is 25.8 Å². The predicted octanol–water partition coefficient (Wildman–Crippen LogP) is 2.07. The van der Waals surface area contributed by atoms with Crippen molar-refractivity contribution >= 4 is 5.97 Å². The van der Waals surface area contributed by atoms with Gasteiger partial charge in [-0.25, -0.2) is 0 Å². The Hall–Kier alpha value is -1.30. The highest BCUT2D eigenvalue weighted by Crippen LogP contribution is 2.29. The number of carboxylic acid groups (broad SMARTS) is 1. The van der Waals surface area contributed by atoms with Gasteiger partial charge in [-0.15, -0.1) is 0 Å². The first-order valence-electron chi connectivity index (χ1n) is 5.51. The normalized spacial score (nSPS) is 27.2. The predicted molar refractivity (Wildman–Crippen MR) is 59.3 cm³/mol. The highest BCUT2D eigenvalue weighted by molar-refractivity contribution is 5.67. The van der Waals surface area contributed by atoms with Gasteiger partial charge >= 0.3 is 5.97 Å². The number of rotatable bonds is 5. The lowest BCUT2D eigenvalue weighted by Crippen LogP contribution is -2.45. The molecule has 1 rings (SSSR count). The molecule has 0 unspecified atom stereocenters. The summed E-state index contributed by atoms with van der Waals surface area (Å²) in [5, 5.41) is 12.2. The van der Waals surface area contributed by atoms with Crippen molar-refractivity contribution in [3.63, 3.8) is 0 Å². The van der Waals surface area contributed by atoms with Gasteiger partial charge in [0.15, 0.2) is 5.79 Å². The molecule has 0 amide bonds. The lowest BCUT2D eigenvalue weighted by atomic mass is 10.0. The van der Waals surface area contributed by atoms with Crippen LogP contribution in [-0.4, -0.2) is 35.6 Å². The minimum Gasteiger partial charge on any atom is -0.481 e. The summed E-state index contributed by atoms with van der Waals surface area (Å²) in [6, 6.07) is 0. The summed E-state index contributed by atoms with van der Waals surface area (Å²) in [5.41, 5.74) is 8.18. The molecule has 0 spiro atoms. The number of ether oxygens (including phenoxy) is 2. The lowest BCUT2D eigenvalue weighted by molar-refractivity contribution is -0.300. The van der Waals surface area contributed by atoms with Gasteiger partial charge in [-0.2, -0.15) is 0 Å². The molecular weight excluding hydrogens is 226 g/mol. The Morgan fingerprint density at radius 2 is 2.18 bits per heavy atom. The molecule has 2 atom stereocenters. The summed E-state index contributed by atoms with van der Waals surface area (Å²) in [4.78, 5) is 13.3. The second-order valence-electron chi connectivity index (χ2n) is 4.46. The third kappa shape index (κ3) is 5.04. The number of carbonyl (C=O) groups is 1. The van der Waals surface area contributed by atoms with Crippen molar-refractivity contribution in [2.24, 2.45) is 5.11 Å². The molecule has 0 aliphatic carbocycles. The maximum atomic E-state index is 10.7. The summed E-state index contributed by atoms with van der Waals surface area (Å²) < 4.78 is 11.1. The van der Waals surface area contributed by atoms with Crippen LogP contribution in [0, 0.1) is 0 Å². The van der Waals surface area contributed by atoms with Crippen LogP contribution in [0.5, 0.6) is 0 Å². The van der Waals surface area contributed by atoms with E-state index in [-0.39, 0.29) is 18.6 Å². The van der Waals surface area contributed by atoms with E-state index >= 15 is 0 Å². The number of aliphatic carboxylic acids is 1. The van der Waals surface area contributed by atoms with E-state index in [0.717, 1.165) is 0 Å². The molecule has 7 nitrogen and oxygen atoms in total. The summed E-state index contributed by atoms with van der Waals surface area (Å²) >= 11 is 0. The smallest absolute Gasteiger partial charge is 0.305 e. The Labute approximate surface area is 99.3 Å². The molecule has 0 saturated carbocycles. The Morgan fingerprint density at radius 3 is 2.76 bits per heavy atom. The van der Waals surface area contributed by atoms with Crippen LogP contribution in [0.15, 0.2) is 5.11 Å². The SMILES string of the molecule is CC1(C)O[C@H](CCN=[N+]=[N-])C[C@H](CC(=O)O)O1. The maximum Gasteiger partial charge on any atom is 0.305 e. The topological polar surface area (TPSA) is 105 Å². The maximum absolute atomic E-state index is 10.7. The minimum atomic E-state index is -0.888. The van der Waals surface area contributed by atoms with Crippen LogP contribution in [0.3, 0.4) is 0 Å². The molecule has 1 N–H and O–H groups in total. The zero-order chi connectivity index (χ0) is 12.9. The van der Waals surface area contributed by atoms with E-state index in [9.17, 15) is 4.79 Å². The Kier molecular flexibility index (Phi) is 4.74. The molecule has 1 aliphatic rings. The summed E-state index contributed by atoms with van der Waals surface area (Å²) in [6.07, 6.45) is 0.565. The standard InChI is InChI=1S/C10H17N3O4/c1-10(2)16-7(3-4-12-13-11)5-8(17-10)6-9(14)15/h7-8H,3-6H2,1-2H3,(H,14,15)/t7-,8-/m1/s1. The third-order valence-corrected chi connectivity index (χ3v) is 2.44. The molecule has 0 radical (unpaired) electrons. The summed E-state index contributed by atoms with van der Waals surface area (Å²) in [5.74, 6) is -1.68. The van der Waals surface area contributed by atoms with Crippen LogP contribution >= 0.6 is 0 Å². The number of hydrogen-bond donors (Lipinski definition) is 1. The van der Waals surface area contributed by atoms with Gasteiger partial charge in [0.25, 0.3) is 0 Å². The van der Waals surface area contributed by atoms with E-state index in [1.54, 1.807) is 13.8 Å². The molecular formula is C10H17N3O4. The van der Waals surface area contributed by atoms with E-state index in [2.05, 4.69) is 10.0 Å². The molecule has 0 aromatic carbocycles.